The first-order valence-electron chi connectivity index (χ1n) is 6.82. The van der Waals surface area contributed by atoms with Crippen molar-refractivity contribution in [3.63, 3.8) is 0 Å². The maximum Gasteiger partial charge on any atom is 0.223 e. The minimum absolute atomic E-state index is 0.0179. The second kappa shape index (κ2) is 6.15. The Kier molecular flexibility index (Phi) is 4.53. The van der Waals surface area contributed by atoms with Crippen molar-refractivity contribution in [1.82, 2.24) is 10.6 Å². The maximum absolute atomic E-state index is 13.5. The van der Waals surface area contributed by atoms with Gasteiger partial charge >= 0.3 is 0 Å². The van der Waals surface area contributed by atoms with Crippen molar-refractivity contribution >= 4 is 5.91 Å². The zero-order valence-corrected chi connectivity index (χ0v) is 11.4. The molecular formula is C15H21FN2O. The van der Waals surface area contributed by atoms with Gasteiger partial charge in [0.1, 0.15) is 5.82 Å². The molecule has 19 heavy (non-hydrogen) atoms. The molecule has 4 heteroatoms. The predicted molar refractivity (Wildman–Crippen MR) is 73.2 cm³/mol. The molecule has 1 heterocycles. The number of hydrogen-bond donors (Lipinski definition) is 2. The van der Waals surface area contributed by atoms with Gasteiger partial charge in [0.25, 0.3) is 0 Å². The first-order chi connectivity index (χ1) is 9.08. The number of hydrogen-bond acceptors (Lipinski definition) is 2. The minimum atomic E-state index is -0.208. The van der Waals surface area contributed by atoms with E-state index in [1.54, 1.807) is 12.1 Å². The van der Waals surface area contributed by atoms with E-state index in [2.05, 4.69) is 10.6 Å². The quantitative estimate of drug-likeness (QED) is 0.850. The average molecular weight is 264 g/mol. The van der Waals surface area contributed by atoms with Gasteiger partial charge in [-0.2, -0.15) is 0 Å². The molecule has 1 saturated heterocycles. The van der Waals surface area contributed by atoms with Crippen molar-refractivity contribution < 1.29 is 9.18 Å². The number of amides is 1. The van der Waals surface area contributed by atoms with Crippen LogP contribution in [0.1, 0.15) is 19.4 Å². The van der Waals surface area contributed by atoms with Crippen molar-refractivity contribution in [3.8, 4) is 0 Å². The largest absolute Gasteiger partial charge is 0.353 e. The molecule has 1 aliphatic heterocycles. The standard InChI is InChI=1S/C15H21FN2O/c1-10(7-12-5-3-4-6-14(12)16)18-15(19)11(2)13-8-17-9-13/h3-6,10-11,13,17H,7-9H2,1-2H3,(H,18,19). The molecule has 1 aliphatic rings. The van der Waals surface area contributed by atoms with Crippen LogP contribution < -0.4 is 10.6 Å². The summed E-state index contributed by atoms with van der Waals surface area (Å²) in [6.45, 7) is 5.69. The van der Waals surface area contributed by atoms with Gasteiger partial charge in [0, 0.05) is 12.0 Å². The summed E-state index contributed by atoms with van der Waals surface area (Å²) in [4.78, 5) is 12.0. The van der Waals surface area contributed by atoms with Crippen LogP contribution in [0.15, 0.2) is 24.3 Å². The predicted octanol–water partition coefficient (Wildman–Crippen LogP) is 1.73. The monoisotopic (exact) mass is 264 g/mol. The van der Waals surface area contributed by atoms with Gasteiger partial charge in [0.05, 0.1) is 0 Å². The molecule has 2 atom stereocenters. The van der Waals surface area contributed by atoms with E-state index in [9.17, 15) is 9.18 Å². The van der Waals surface area contributed by atoms with Crippen LogP contribution in [0, 0.1) is 17.7 Å². The normalized spacial score (nSPS) is 18.5. The first kappa shape index (κ1) is 14.0. The van der Waals surface area contributed by atoms with E-state index in [0.717, 1.165) is 13.1 Å². The lowest BCUT2D eigenvalue weighted by Crippen LogP contribution is -2.50. The molecular weight excluding hydrogens is 243 g/mol. The summed E-state index contributed by atoms with van der Waals surface area (Å²) in [7, 11) is 0. The molecule has 2 N–H and O–H groups in total. The lowest BCUT2D eigenvalue weighted by Gasteiger charge is -2.32. The molecule has 0 aromatic heterocycles. The number of benzene rings is 1. The van der Waals surface area contributed by atoms with Gasteiger partial charge in [0.2, 0.25) is 5.91 Å². The second-order valence-corrected chi connectivity index (χ2v) is 5.41. The summed E-state index contributed by atoms with van der Waals surface area (Å²) in [6, 6.07) is 6.65. The zero-order chi connectivity index (χ0) is 13.8. The number of carbonyl (C=O) groups excluding carboxylic acids is 1. The summed E-state index contributed by atoms with van der Waals surface area (Å²) in [5.41, 5.74) is 0.647. The molecule has 1 aromatic rings. The van der Waals surface area contributed by atoms with Crippen LogP contribution in [-0.2, 0) is 11.2 Å². The number of carbonyl (C=O) groups is 1. The van der Waals surface area contributed by atoms with Gasteiger partial charge < -0.3 is 10.6 Å². The van der Waals surface area contributed by atoms with Crippen molar-refractivity contribution in [3.05, 3.63) is 35.6 Å². The summed E-state index contributed by atoms with van der Waals surface area (Å²) in [5.74, 6) is 0.306. The van der Waals surface area contributed by atoms with Gasteiger partial charge in [-0.3, -0.25) is 4.79 Å². The highest BCUT2D eigenvalue weighted by Gasteiger charge is 2.29. The number of halogens is 1. The van der Waals surface area contributed by atoms with Crippen LogP contribution in [0.4, 0.5) is 4.39 Å². The van der Waals surface area contributed by atoms with Crippen LogP contribution in [0.3, 0.4) is 0 Å². The third-order valence-electron chi connectivity index (χ3n) is 3.81. The van der Waals surface area contributed by atoms with Crippen molar-refractivity contribution in [2.45, 2.75) is 26.3 Å². The SMILES string of the molecule is CC(Cc1ccccc1F)NC(=O)C(C)C1CNC1. The Balaban J connectivity index is 1.85. The second-order valence-electron chi connectivity index (χ2n) is 5.41. The zero-order valence-electron chi connectivity index (χ0n) is 11.4. The molecule has 104 valence electrons. The first-order valence-corrected chi connectivity index (χ1v) is 6.82. The highest BCUT2D eigenvalue weighted by Crippen LogP contribution is 2.16. The molecule has 0 radical (unpaired) electrons. The summed E-state index contributed by atoms with van der Waals surface area (Å²) >= 11 is 0. The van der Waals surface area contributed by atoms with Crippen molar-refractivity contribution in [1.29, 1.82) is 0 Å². The molecule has 0 spiro atoms. The van der Waals surface area contributed by atoms with Crippen LogP contribution in [-0.4, -0.2) is 25.0 Å². The van der Waals surface area contributed by atoms with Crippen LogP contribution in [0.25, 0.3) is 0 Å². The molecule has 3 nitrogen and oxygen atoms in total. The van der Waals surface area contributed by atoms with E-state index in [4.69, 9.17) is 0 Å². The Labute approximate surface area is 113 Å². The minimum Gasteiger partial charge on any atom is -0.353 e. The highest BCUT2D eigenvalue weighted by atomic mass is 19.1. The fraction of sp³-hybridized carbons (Fsp3) is 0.533. The lowest BCUT2D eigenvalue weighted by atomic mass is 9.88. The highest BCUT2D eigenvalue weighted by molar-refractivity contribution is 5.79. The van der Waals surface area contributed by atoms with E-state index >= 15 is 0 Å². The van der Waals surface area contributed by atoms with Gasteiger partial charge in [-0.1, -0.05) is 25.1 Å². The molecule has 1 aromatic carbocycles. The Morgan fingerprint density at radius 2 is 2.11 bits per heavy atom. The third-order valence-corrected chi connectivity index (χ3v) is 3.81. The summed E-state index contributed by atoms with van der Waals surface area (Å²) < 4.78 is 13.5. The Hall–Kier alpha value is -1.42. The van der Waals surface area contributed by atoms with E-state index in [0.29, 0.717) is 17.9 Å². The third kappa shape index (κ3) is 3.53. The maximum atomic E-state index is 13.5. The smallest absolute Gasteiger partial charge is 0.223 e. The van der Waals surface area contributed by atoms with Crippen molar-refractivity contribution in [2.75, 3.05) is 13.1 Å². The fourth-order valence-electron chi connectivity index (χ4n) is 2.30. The number of rotatable bonds is 5. The van der Waals surface area contributed by atoms with Gasteiger partial charge in [-0.15, -0.1) is 0 Å². The molecule has 2 rings (SSSR count). The Morgan fingerprint density at radius 1 is 1.42 bits per heavy atom. The van der Waals surface area contributed by atoms with E-state index in [1.165, 1.54) is 6.07 Å². The average Bonchev–Trinajstić information content (AvgIpc) is 2.29. The van der Waals surface area contributed by atoms with Crippen LogP contribution >= 0.6 is 0 Å². The molecule has 1 amide bonds. The fourth-order valence-corrected chi connectivity index (χ4v) is 2.30. The van der Waals surface area contributed by atoms with Crippen LogP contribution in [0.5, 0.6) is 0 Å². The molecule has 2 unspecified atom stereocenters. The summed E-state index contributed by atoms with van der Waals surface area (Å²) in [6.07, 6.45) is 0.522. The lowest BCUT2D eigenvalue weighted by molar-refractivity contribution is -0.127. The van der Waals surface area contributed by atoms with Crippen molar-refractivity contribution in [2.24, 2.45) is 11.8 Å². The molecule has 0 saturated carbocycles. The molecule has 1 fully saturated rings. The summed E-state index contributed by atoms with van der Waals surface area (Å²) in [5, 5.41) is 6.14. The Morgan fingerprint density at radius 3 is 2.68 bits per heavy atom. The van der Waals surface area contributed by atoms with E-state index < -0.39 is 0 Å². The molecule has 0 bridgehead atoms. The van der Waals surface area contributed by atoms with Gasteiger partial charge in [-0.05, 0) is 44.0 Å². The van der Waals surface area contributed by atoms with E-state index in [1.807, 2.05) is 19.9 Å². The number of nitrogens with one attached hydrogen (secondary N) is 2. The topological polar surface area (TPSA) is 41.1 Å². The van der Waals surface area contributed by atoms with Gasteiger partial charge in [-0.25, -0.2) is 4.39 Å². The molecule has 0 aliphatic carbocycles. The van der Waals surface area contributed by atoms with Gasteiger partial charge in [0.15, 0.2) is 0 Å². The van der Waals surface area contributed by atoms with E-state index in [-0.39, 0.29) is 23.7 Å². The Bertz CT molecular complexity index is 446. The van der Waals surface area contributed by atoms with Crippen LogP contribution in [0.2, 0.25) is 0 Å².